The Bertz CT molecular complexity index is 1200. The average Bonchev–Trinajstić information content (AvgIpc) is 3.40. The maximum Gasteiger partial charge on any atom is 0.305 e. The minimum Gasteiger partial charge on any atom is -0.466 e. The van der Waals surface area contributed by atoms with Crippen LogP contribution >= 0.6 is 0 Å². The average molecular weight is 1040 g/mol. The normalized spacial score (nSPS) is 12.8. The lowest BCUT2D eigenvalue weighted by Gasteiger charge is -2.20. The lowest BCUT2D eigenvalue weighted by molar-refractivity contribution is -0.143. The van der Waals surface area contributed by atoms with Gasteiger partial charge in [-0.3, -0.25) is 9.59 Å². The van der Waals surface area contributed by atoms with Gasteiger partial charge in [0.1, 0.15) is 0 Å². The zero-order chi connectivity index (χ0) is 53.6. The molecule has 1 amide bonds. The zero-order valence-corrected chi connectivity index (χ0v) is 49.8. The number of hydrogen-bond acceptors (Lipinski definition) is 5. The topological polar surface area (TPSA) is 95.9 Å². The van der Waals surface area contributed by atoms with Crippen LogP contribution in [0.5, 0.6) is 0 Å². The molecular formula is C68H129NO5. The van der Waals surface area contributed by atoms with E-state index in [4.69, 9.17) is 4.74 Å². The maximum absolute atomic E-state index is 12.5. The van der Waals surface area contributed by atoms with Crippen molar-refractivity contribution in [2.24, 2.45) is 0 Å². The molecule has 0 aliphatic carbocycles. The van der Waals surface area contributed by atoms with Crippen molar-refractivity contribution >= 4 is 11.9 Å². The summed E-state index contributed by atoms with van der Waals surface area (Å²) in [5.41, 5.74) is 0. The van der Waals surface area contributed by atoms with Crippen molar-refractivity contribution in [1.29, 1.82) is 0 Å². The summed E-state index contributed by atoms with van der Waals surface area (Å²) in [4.78, 5) is 24.6. The second kappa shape index (κ2) is 63.6. The van der Waals surface area contributed by atoms with Crippen molar-refractivity contribution in [2.45, 2.75) is 373 Å². The molecule has 6 heteroatoms. The molecule has 0 bridgehead atoms. The SMILES string of the molecule is CCCC/C=C\C/C=C\CCCCCCCC(=O)OCCCCCCCCCCCCCCCCCCCCCCCCC(=O)NC(CO)C(O)/C=C/CCCCCCCCCCCCCCCCCCCCC. The fourth-order valence-corrected chi connectivity index (χ4v) is 10.3. The van der Waals surface area contributed by atoms with Crippen LogP contribution in [0.15, 0.2) is 36.5 Å². The highest BCUT2D eigenvalue weighted by atomic mass is 16.5. The molecule has 0 saturated heterocycles. The third kappa shape index (κ3) is 59.3. The van der Waals surface area contributed by atoms with Gasteiger partial charge in [-0.15, -0.1) is 0 Å². The summed E-state index contributed by atoms with van der Waals surface area (Å²) < 4.78 is 5.48. The van der Waals surface area contributed by atoms with Crippen molar-refractivity contribution in [2.75, 3.05) is 13.2 Å². The van der Waals surface area contributed by atoms with Crippen LogP contribution in [0.2, 0.25) is 0 Å². The first-order valence-corrected chi connectivity index (χ1v) is 33.3. The molecule has 74 heavy (non-hydrogen) atoms. The predicted molar refractivity (Wildman–Crippen MR) is 324 cm³/mol. The Labute approximate surface area is 462 Å². The Balaban J connectivity index is 3.42. The van der Waals surface area contributed by atoms with Crippen LogP contribution in [-0.2, 0) is 14.3 Å². The van der Waals surface area contributed by atoms with E-state index in [0.717, 1.165) is 51.4 Å². The van der Waals surface area contributed by atoms with Crippen LogP contribution in [0.1, 0.15) is 361 Å². The second-order valence-corrected chi connectivity index (χ2v) is 22.8. The number of ether oxygens (including phenoxy) is 1. The van der Waals surface area contributed by atoms with Gasteiger partial charge in [-0.2, -0.15) is 0 Å². The number of carbonyl (C=O) groups excluding carboxylic acids is 2. The largest absolute Gasteiger partial charge is 0.466 e. The number of allylic oxidation sites excluding steroid dienone is 5. The van der Waals surface area contributed by atoms with E-state index in [0.29, 0.717) is 19.4 Å². The van der Waals surface area contributed by atoms with E-state index >= 15 is 0 Å². The third-order valence-electron chi connectivity index (χ3n) is 15.4. The third-order valence-corrected chi connectivity index (χ3v) is 15.4. The van der Waals surface area contributed by atoms with E-state index in [1.165, 1.54) is 283 Å². The Morgan fingerprint density at radius 2 is 0.689 bits per heavy atom. The number of hydrogen-bond donors (Lipinski definition) is 3. The molecule has 6 nitrogen and oxygen atoms in total. The highest BCUT2D eigenvalue weighted by Crippen LogP contribution is 2.18. The Morgan fingerprint density at radius 1 is 0.378 bits per heavy atom. The number of esters is 1. The molecule has 0 aromatic heterocycles. The van der Waals surface area contributed by atoms with E-state index in [2.05, 4.69) is 43.5 Å². The molecular weight excluding hydrogens is 911 g/mol. The highest BCUT2D eigenvalue weighted by Gasteiger charge is 2.18. The number of rotatable bonds is 62. The molecule has 0 fully saturated rings. The quantitative estimate of drug-likeness (QED) is 0.0320. The van der Waals surface area contributed by atoms with Crippen molar-refractivity contribution in [1.82, 2.24) is 5.32 Å². The first-order chi connectivity index (χ1) is 36.5. The van der Waals surface area contributed by atoms with Gasteiger partial charge < -0.3 is 20.3 Å². The molecule has 0 aliphatic rings. The van der Waals surface area contributed by atoms with Gasteiger partial charge in [-0.1, -0.05) is 326 Å². The Morgan fingerprint density at radius 3 is 1.07 bits per heavy atom. The number of amides is 1. The van der Waals surface area contributed by atoms with Crippen molar-refractivity contribution in [3.8, 4) is 0 Å². The fourth-order valence-electron chi connectivity index (χ4n) is 10.3. The monoisotopic (exact) mass is 1040 g/mol. The first kappa shape index (κ1) is 72.1. The molecule has 436 valence electrons. The summed E-state index contributed by atoms with van der Waals surface area (Å²) in [7, 11) is 0. The Hall–Kier alpha value is -1.92. The summed E-state index contributed by atoms with van der Waals surface area (Å²) in [6, 6.07) is -0.629. The van der Waals surface area contributed by atoms with Gasteiger partial charge in [0.15, 0.2) is 0 Å². The molecule has 0 heterocycles. The lowest BCUT2D eigenvalue weighted by atomic mass is 10.0. The molecule has 0 aromatic carbocycles. The lowest BCUT2D eigenvalue weighted by Crippen LogP contribution is -2.45. The van der Waals surface area contributed by atoms with Crippen LogP contribution < -0.4 is 5.32 Å². The Kier molecular flexibility index (Phi) is 62.0. The smallest absolute Gasteiger partial charge is 0.305 e. The van der Waals surface area contributed by atoms with Crippen LogP contribution in [0.25, 0.3) is 0 Å². The summed E-state index contributed by atoms with van der Waals surface area (Å²) in [5, 5.41) is 23.2. The maximum atomic E-state index is 12.5. The molecule has 0 aromatic rings. The summed E-state index contributed by atoms with van der Waals surface area (Å²) in [5.74, 6) is -0.0668. The van der Waals surface area contributed by atoms with Gasteiger partial charge in [0.2, 0.25) is 5.91 Å². The number of nitrogens with one attached hydrogen (secondary N) is 1. The van der Waals surface area contributed by atoms with Crippen LogP contribution in [0.3, 0.4) is 0 Å². The summed E-state index contributed by atoms with van der Waals surface area (Å²) >= 11 is 0. The van der Waals surface area contributed by atoms with Gasteiger partial charge in [0, 0.05) is 12.8 Å². The van der Waals surface area contributed by atoms with Gasteiger partial charge in [0.25, 0.3) is 0 Å². The van der Waals surface area contributed by atoms with Crippen LogP contribution in [0.4, 0.5) is 0 Å². The van der Waals surface area contributed by atoms with Crippen molar-refractivity contribution in [3.63, 3.8) is 0 Å². The predicted octanol–water partition coefficient (Wildman–Crippen LogP) is 21.1. The molecule has 0 saturated carbocycles. The van der Waals surface area contributed by atoms with Crippen LogP contribution in [0, 0.1) is 0 Å². The zero-order valence-electron chi connectivity index (χ0n) is 49.8. The van der Waals surface area contributed by atoms with E-state index in [1.54, 1.807) is 6.08 Å². The molecule has 2 unspecified atom stereocenters. The number of unbranched alkanes of at least 4 members (excludes halogenated alkanes) is 47. The number of carbonyl (C=O) groups is 2. The molecule has 0 aliphatic heterocycles. The van der Waals surface area contributed by atoms with Gasteiger partial charge >= 0.3 is 5.97 Å². The molecule has 0 radical (unpaired) electrons. The van der Waals surface area contributed by atoms with Crippen molar-refractivity contribution < 1.29 is 24.5 Å². The molecule has 0 rings (SSSR count). The van der Waals surface area contributed by atoms with Gasteiger partial charge in [-0.25, -0.2) is 0 Å². The van der Waals surface area contributed by atoms with Gasteiger partial charge in [0.05, 0.1) is 25.4 Å². The molecule has 0 spiro atoms. The van der Waals surface area contributed by atoms with E-state index in [1.807, 2.05) is 6.08 Å². The summed E-state index contributed by atoms with van der Waals surface area (Å²) in [6.07, 6.45) is 80.5. The van der Waals surface area contributed by atoms with Crippen molar-refractivity contribution in [3.05, 3.63) is 36.5 Å². The minimum absolute atomic E-state index is 0.00160. The fraction of sp³-hybridized carbons (Fsp3) is 0.882. The molecule has 2 atom stereocenters. The van der Waals surface area contributed by atoms with Crippen LogP contribution in [-0.4, -0.2) is 47.4 Å². The van der Waals surface area contributed by atoms with E-state index < -0.39 is 12.1 Å². The van der Waals surface area contributed by atoms with E-state index in [9.17, 15) is 19.8 Å². The summed E-state index contributed by atoms with van der Waals surface area (Å²) in [6.45, 7) is 4.88. The standard InChI is InChI=1S/C68H129NO5/c1-3-5-7-9-11-13-15-17-19-20-21-24-27-30-33-36-40-44-48-52-56-60-66(71)65(64-70)69-67(72)61-57-53-49-45-41-37-34-31-28-25-22-23-26-29-32-35-39-43-47-51-55-59-63-74-68(73)62-58-54-50-46-42-38-18-16-14-12-10-8-6-4-2/h10,12,16,18,56,60,65-66,70-71H,3-9,11,13-15,17,19-55,57-59,61-64H2,1-2H3,(H,69,72)/b12-10-,18-16-,60-56+. The highest BCUT2D eigenvalue weighted by molar-refractivity contribution is 5.76. The number of aliphatic hydroxyl groups is 2. The minimum atomic E-state index is -0.846. The second-order valence-electron chi connectivity index (χ2n) is 22.8. The molecule has 3 N–H and O–H groups in total. The van der Waals surface area contributed by atoms with Gasteiger partial charge in [-0.05, 0) is 57.8 Å². The number of aliphatic hydroxyl groups excluding tert-OH is 2. The first-order valence-electron chi connectivity index (χ1n) is 33.3. The van der Waals surface area contributed by atoms with E-state index in [-0.39, 0.29) is 18.5 Å².